The summed E-state index contributed by atoms with van der Waals surface area (Å²) >= 11 is 0. The molecule has 4 rings (SSSR count). The van der Waals surface area contributed by atoms with Gasteiger partial charge in [0.15, 0.2) is 0 Å². The van der Waals surface area contributed by atoms with E-state index in [9.17, 15) is 18.8 Å². The van der Waals surface area contributed by atoms with Crippen molar-refractivity contribution in [1.82, 2.24) is 14.8 Å². The van der Waals surface area contributed by atoms with Gasteiger partial charge in [0.05, 0.1) is 12.1 Å². The topological polar surface area (TPSA) is 112 Å². The molecule has 166 valence electrons. The number of hydrazone groups is 1. The highest BCUT2D eigenvalue weighted by Crippen LogP contribution is 2.25. The molecule has 1 unspecified atom stereocenters. The summed E-state index contributed by atoms with van der Waals surface area (Å²) in [7, 11) is 0. The molecule has 1 aromatic carbocycles. The highest BCUT2D eigenvalue weighted by Gasteiger charge is 2.37. The zero-order valence-electron chi connectivity index (χ0n) is 17.4. The van der Waals surface area contributed by atoms with Crippen molar-refractivity contribution in [3.63, 3.8) is 0 Å². The first-order chi connectivity index (χ1) is 15.4. The lowest BCUT2D eigenvalue weighted by Gasteiger charge is -2.34. The third-order valence-corrected chi connectivity index (χ3v) is 5.55. The van der Waals surface area contributed by atoms with Crippen LogP contribution in [0.4, 0.5) is 10.1 Å². The Morgan fingerprint density at radius 2 is 1.69 bits per heavy atom. The first-order valence-electron chi connectivity index (χ1n) is 10.3. The number of halogens is 1. The number of piperazine rings is 1. The summed E-state index contributed by atoms with van der Waals surface area (Å²) in [4.78, 5) is 45.0. The van der Waals surface area contributed by atoms with E-state index in [1.807, 2.05) is 6.07 Å². The largest absolute Gasteiger partial charge is 0.368 e. The molecule has 10 heteroatoms. The predicted molar refractivity (Wildman–Crippen MR) is 115 cm³/mol. The molecule has 2 aromatic rings. The molecule has 1 saturated heterocycles. The van der Waals surface area contributed by atoms with Crippen LogP contribution in [0.1, 0.15) is 12.1 Å². The number of pyridine rings is 1. The molecule has 3 amide bonds. The van der Waals surface area contributed by atoms with E-state index >= 15 is 0 Å². The van der Waals surface area contributed by atoms with Crippen molar-refractivity contribution in [2.45, 2.75) is 18.9 Å². The zero-order valence-corrected chi connectivity index (χ0v) is 17.4. The van der Waals surface area contributed by atoms with Gasteiger partial charge in [-0.05, 0) is 36.4 Å². The molecule has 9 nitrogen and oxygen atoms in total. The second-order valence-corrected chi connectivity index (χ2v) is 7.66. The maximum atomic E-state index is 13.2. The molecule has 0 aliphatic carbocycles. The van der Waals surface area contributed by atoms with E-state index in [0.717, 1.165) is 0 Å². The summed E-state index contributed by atoms with van der Waals surface area (Å²) in [5.74, 6) is -1.37. The Labute approximate surface area is 184 Å². The Bertz CT molecular complexity index is 1040. The van der Waals surface area contributed by atoms with Crippen molar-refractivity contribution < 1.29 is 18.8 Å². The zero-order chi connectivity index (χ0) is 22.7. The number of anilines is 1. The van der Waals surface area contributed by atoms with Crippen molar-refractivity contribution in [2.24, 2.45) is 10.8 Å². The van der Waals surface area contributed by atoms with E-state index in [4.69, 9.17) is 5.73 Å². The van der Waals surface area contributed by atoms with Gasteiger partial charge in [0, 0.05) is 44.5 Å². The van der Waals surface area contributed by atoms with E-state index < -0.39 is 17.8 Å². The Balaban J connectivity index is 1.39. The lowest BCUT2D eigenvalue weighted by molar-refractivity contribution is -0.136. The number of amides is 3. The average Bonchev–Trinajstić information content (AvgIpc) is 3.26. The second kappa shape index (κ2) is 9.13. The smallest absolute Gasteiger partial charge is 0.270 e. The van der Waals surface area contributed by atoms with Crippen molar-refractivity contribution in [1.29, 1.82) is 0 Å². The number of nitrogens with two attached hydrogens (primary N) is 1. The first-order valence-corrected chi connectivity index (χ1v) is 10.3. The quantitative estimate of drug-likeness (QED) is 0.733. The van der Waals surface area contributed by atoms with Crippen LogP contribution in [0.5, 0.6) is 0 Å². The van der Waals surface area contributed by atoms with E-state index in [0.29, 0.717) is 37.6 Å². The van der Waals surface area contributed by atoms with Crippen LogP contribution in [-0.2, 0) is 20.8 Å². The minimum atomic E-state index is -0.819. The number of rotatable bonds is 5. The van der Waals surface area contributed by atoms with Gasteiger partial charge in [-0.15, -0.1) is 0 Å². The maximum Gasteiger partial charge on any atom is 0.270 e. The molecule has 0 bridgehead atoms. The predicted octanol–water partition coefficient (Wildman–Crippen LogP) is 0.554. The molecule has 2 aliphatic rings. The summed E-state index contributed by atoms with van der Waals surface area (Å²) in [5.41, 5.74) is 6.90. The van der Waals surface area contributed by atoms with Crippen LogP contribution in [-0.4, -0.2) is 70.4 Å². The third-order valence-electron chi connectivity index (χ3n) is 5.55. The fourth-order valence-electron chi connectivity index (χ4n) is 3.80. The summed E-state index contributed by atoms with van der Waals surface area (Å²) in [5, 5.41) is 5.69. The Morgan fingerprint density at radius 1 is 1.00 bits per heavy atom. The van der Waals surface area contributed by atoms with Gasteiger partial charge < -0.3 is 15.5 Å². The van der Waals surface area contributed by atoms with Gasteiger partial charge in [0.1, 0.15) is 17.6 Å². The molecule has 32 heavy (non-hydrogen) atoms. The highest BCUT2D eigenvalue weighted by atomic mass is 19.1. The molecule has 2 N–H and O–H groups in total. The fraction of sp³-hybridized carbons (Fsp3) is 0.318. The minimum absolute atomic E-state index is 0.0368. The van der Waals surface area contributed by atoms with E-state index in [-0.39, 0.29) is 30.4 Å². The number of primary amides is 1. The Hall–Kier alpha value is -3.82. The molecule has 3 heterocycles. The monoisotopic (exact) mass is 438 g/mol. The van der Waals surface area contributed by atoms with Crippen molar-refractivity contribution in [3.05, 3.63) is 60.2 Å². The van der Waals surface area contributed by atoms with Gasteiger partial charge in [0.2, 0.25) is 11.8 Å². The fourth-order valence-corrected chi connectivity index (χ4v) is 3.80. The number of aromatic nitrogens is 1. The SMILES string of the molecule is NC(=O)C1CC(C(=O)N2CCN(C(=O)Cc3ccccn3)CC2)=NN1c1ccc(F)cc1. The summed E-state index contributed by atoms with van der Waals surface area (Å²) < 4.78 is 13.2. The van der Waals surface area contributed by atoms with Crippen LogP contribution >= 0.6 is 0 Å². The van der Waals surface area contributed by atoms with E-state index in [2.05, 4.69) is 10.1 Å². The normalized spacial score (nSPS) is 18.5. The number of carbonyl (C=O) groups excluding carboxylic acids is 3. The number of hydrogen-bond acceptors (Lipinski definition) is 6. The number of hydrogen-bond donors (Lipinski definition) is 1. The van der Waals surface area contributed by atoms with Crippen LogP contribution < -0.4 is 10.7 Å². The molecule has 0 saturated carbocycles. The van der Waals surface area contributed by atoms with Crippen LogP contribution in [0.3, 0.4) is 0 Å². The van der Waals surface area contributed by atoms with Crippen molar-refractivity contribution in [3.8, 4) is 0 Å². The molecule has 1 fully saturated rings. The van der Waals surface area contributed by atoms with Crippen molar-refractivity contribution in [2.75, 3.05) is 31.2 Å². The standard InChI is InChI=1S/C22H23FN6O3/c23-15-4-6-17(7-5-15)29-19(21(24)31)14-18(26-29)22(32)28-11-9-27(10-12-28)20(30)13-16-3-1-2-8-25-16/h1-8,19H,9-14H2,(H2,24,31). The van der Waals surface area contributed by atoms with Crippen LogP contribution in [0.2, 0.25) is 0 Å². The molecule has 1 aromatic heterocycles. The second-order valence-electron chi connectivity index (χ2n) is 7.66. The highest BCUT2D eigenvalue weighted by molar-refractivity contribution is 6.40. The lowest BCUT2D eigenvalue weighted by atomic mass is 10.1. The number of carbonyl (C=O) groups is 3. The van der Waals surface area contributed by atoms with Gasteiger partial charge in [0.25, 0.3) is 5.91 Å². The van der Waals surface area contributed by atoms with E-state index in [1.165, 1.54) is 29.3 Å². The Morgan fingerprint density at radius 3 is 2.31 bits per heavy atom. The van der Waals surface area contributed by atoms with Crippen LogP contribution in [0.25, 0.3) is 0 Å². The first kappa shape index (κ1) is 21.4. The molecule has 0 radical (unpaired) electrons. The number of nitrogens with zero attached hydrogens (tertiary/aromatic N) is 5. The molecule has 2 aliphatic heterocycles. The lowest BCUT2D eigenvalue weighted by Crippen LogP contribution is -2.52. The van der Waals surface area contributed by atoms with Gasteiger partial charge >= 0.3 is 0 Å². The van der Waals surface area contributed by atoms with Crippen molar-refractivity contribution >= 4 is 29.1 Å². The minimum Gasteiger partial charge on any atom is -0.368 e. The summed E-state index contributed by atoms with van der Waals surface area (Å²) in [6, 6.07) is 10.1. The maximum absolute atomic E-state index is 13.2. The van der Waals surface area contributed by atoms with Gasteiger partial charge in [-0.2, -0.15) is 5.10 Å². The summed E-state index contributed by atoms with van der Waals surface area (Å²) in [6.45, 7) is 1.55. The van der Waals surface area contributed by atoms with Gasteiger partial charge in [-0.3, -0.25) is 24.4 Å². The number of benzene rings is 1. The Kier molecular flexibility index (Phi) is 6.11. The van der Waals surface area contributed by atoms with Crippen LogP contribution in [0, 0.1) is 5.82 Å². The molecular weight excluding hydrogens is 415 g/mol. The third kappa shape index (κ3) is 4.58. The summed E-state index contributed by atoms with van der Waals surface area (Å²) in [6.07, 6.45) is 1.94. The molecule has 1 atom stereocenters. The van der Waals surface area contributed by atoms with Crippen LogP contribution in [0.15, 0.2) is 53.8 Å². The average molecular weight is 438 g/mol. The molecule has 0 spiro atoms. The van der Waals surface area contributed by atoms with E-state index in [1.54, 1.807) is 28.1 Å². The molecular formula is C22H23FN6O3. The van der Waals surface area contributed by atoms with Gasteiger partial charge in [-0.25, -0.2) is 4.39 Å². The van der Waals surface area contributed by atoms with Gasteiger partial charge in [-0.1, -0.05) is 6.07 Å².